The summed E-state index contributed by atoms with van der Waals surface area (Å²) >= 11 is 0. The van der Waals surface area contributed by atoms with Crippen LogP contribution in [0.5, 0.6) is 0 Å². The second-order valence-corrected chi connectivity index (χ2v) is 22.0. The molecule has 7 N–H and O–H groups in total. The van der Waals surface area contributed by atoms with Gasteiger partial charge in [0.2, 0.25) is 5.91 Å². The van der Waals surface area contributed by atoms with E-state index >= 15 is 0 Å². The van der Waals surface area contributed by atoms with Gasteiger partial charge in [0.1, 0.15) is 30.5 Å². The molecule has 10 nitrogen and oxygen atoms in total. The van der Waals surface area contributed by atoms with Crippen molar-refractivity contribution in [1.29, 1.82) is 0 Å². The van der Waals surface area contributed by atoms with Gasteiger partial charge in [-0.3, -0.25) is 4.79 Å². The fraction of sp³-hybridized carbons (Fsp3) is 0.983. The Hall–Kier alpha value is -0.850. The predicted molar refractivity (Wildman–Crippen MR) is 292 cm³/mol. The van der Waals surface area contributed by atoms with Gasteiger partial charge in [-0.05, 0) is 12.8 Å². The summed E-state index contributed by atoms with van der Waals surface area (Å²) < 4.78 is 11.2. The second-order valence-electron chi connectivity index (χ2n) is 22.0. The predicted octanol–water partition coefficient (Wildman–Crippen LogP) is 14.4. The number of carbonyl (C=O) groups is 1. The van der Waals surface area contributed by atoms with Crippen LogP contribution in [-0.4, -0.2) is 98.7 Å². The maximum atomic E-state index is 13.1. The van der Waals surface area contributed by atoms with E-state index in [1.807, 2.05) is 0 Å². The molecule has 1 rings (SSSR count). The van der Waals surface area contributed by atoms with Crippen LogP contribution < -0.4 is 5.32 Å². The fourth-order valence-electron chi connectivity index (χ4n) is 10.4. The smallest absolute Gasteiger partial charge is 0.220 e. The molecule has 2 unspecified atom stereocenters. The zero-order valence-electron chi connectivity index (χ0n) is 46.2. The van der Waals surface area contributed by atoms with E-state index in [1.165, 1.54) is 250 Å². The van der Waals surface area contributed by atoms with Crippen LogP contribution in [-0.2, 0) is 14.3 Å². The second kappa shape index (κ2) is 50.3. The van der Waals surface area contributed by atoms with Crippen molar-refractivity contribution in [3.05, 3.63) is 0 Å². The molecule has 0 aromatic carbocycles. The Morgan fingerprint density at radius 3 is 1.06 bits per heavy atom. The molecule has 0 aliphatic carbocycles. The van der Waals surface area contributed by atoms with E-state index < -0.39 is 55.6 Å². The summed E-state index contributed by atoms with van der Waals surface area (Å²) in [5.41, 5.74) is 0. The number of amides is 1. The first-order valence-corrected chi connectivity index (χ1v) is 30.8. The number of unbranched alkanes of at least 4 members (excludes halogenated alkanes) is 43. The molecule has 1 aliphatic heterocycles. The van der Waals surface area contributed by atoms with Crippen LogP contribution in [0.15, 0.2) is 0 Å². The molecule has 1 aliphatic rings. The Balaban J connectivity index is 2.10. The first-order chi connectivity index (χ1) is 34.3. The minimum absolute atomic E-state index is 0.250. The van der Waals surface area contributed by atoms with Crippen molar-refractivity contribution < 1.29 is 44.9 Å². The van der Waals surface area contributed by atoms with E-state index in [-0.39, 0.29) is 18.9 Å². The van der Waals surface area contributed by atoms with Gasteiger partial charge < -0.3 is 45.4 Å². The van der Waals surface area contributed by atoms with Crippen LogP contribution in [0.2, 0.25) is 0 Å². The lowest BCUT2D eigenvalue weighted by molar-refractivity contribution is -0.303. The average molecular weight is 999 g/mol. The van der Waals surface area contributed by atoms with Crippen LogP contribution in [0.1, 0.15) is 316 Å². The molecule has 1 saturated heterocycles. The molecule has 1 heterocycles. The van der Waals surface area contributed by atoms with Gasteiger partial charge in [-0.1, -0.05) is 296 Å². The maximum Gasteiger partial charge on any atom is 0.220 e. The first kappa shape index (κ1) is 67.2. The number of hydrogen-bond donors (Lipinski definition) is 7. The van der Waals surface area contributed by atoms with Gasteiger partial charge >= 0.3 is 0 Å². The van der Waals surface area contributed by atoms with Crippen molar-refractivity contribution in [3.63, 3.8) is 0 Å². The molecule has 70 heavy (non-hydrogen) atoms. The fourth-order valence-corrected chi connectivity index (χ4v) is 10.4. The lowest BCUT2D eigenvalue weighted by Crippen LogP contribution is -2.60. The Morgan fingerprint density at radius 1 is 0.443 bits per heavy atom. The SMILES string of the molecule is CCCCCCCCCCCCCCCCCCCCCCCCCCCCCCCCCCCC(=O)N[C@@H](CO[C@@H]1O[C@H](CO)[C@@H](O)C(O)C1O)[C@H](O)[C@H](O)CCCCCCCCCCCCCC. The maximum absolute atomic E-state index is 13.1. The van der Waals surface area contributed by atoms with Crippen molar-refractivity contribution in [3.8, 4) is 0 Å². The van der Waals surface area contributed by atoms with Crippen LogP contribution >= 0.6 is 0 Å². The summed E-state index contributed by atoms with van der Waals surface area (Å²) in [5, 5.41) is 65.5. The third kappa shape index (κ3) is 38.7. The highest BCUT2D eigenvalue weighted by molar-refractivity contribution is 5.76. The van der Waals surface area contributed by atoms with Crippen LogP contribution in [0, 0.1) is 0 Å². The van der Waals surface area contributed by atoms with Gasteiger partial charge in [-0.25, -0.2) is 0 Å². The van der Waals surface area contributed by atoms with Gasteiger partial charge in [0.05, 0.1) is 25.4 Å². The van der Waals surface area contributed by atoms with Crippen LogP contribution in [0.25, 0.3) is 0 Å². The van der Waals surface area contributed by atoms with Crippen molar-refractivity contribution in [1.82, 2.24) is 5.32 Å². The molecule has 0 spiro atoms. The van der Waals surface area contributed by atoms with Crippen LogP contribution in [0.3, 0.4) is 0 Å². The Bertz CT molecular complexity index is 1080. The molecule has 0 aromatic rings. The van der Waals surface area contributed by atoms with Gasteiger partial charge in [0.15, 0.2) is 6.29 Å². The average Bonchev–Trinajstić information content (AvgIpc) is 3.36. The first-order valence-electron chi connectivity index (χ1n) is 30.8. The summed E-state index contributed by atoms with van der Waals surface area (Å²) in [5.74, 6) is -0.250. The summed E-state index contributed by atoms with van der Waals surface area (Å²) in [7, 11) is 0. The number of ether oxygens (including phenoxy) is 2. The minimum Gasteiger partial charge on any atom is -0.394 e. The Morgan fingerprint density at radius 2 is 0.743 bits per heavy atom. The zero-order valence-corrected chi connectivity index (χ0v) is 46.2. The Labute approximate surface area is 432 Å². The third-order valence-electron chi connectivity index (χ3n) is 15.3. The van der Waals surface area contributed by atoms with Crippen molar-refractivity contribution in [2.24, 2.45) is 0 Å². The molecule has 0 radical (unpaired) electrons. The van der Waals surface area contributed by atoms with E-state index in [4.69, 9.17) is 9.47 Å². The monoisotopic (exact) mass is 998 g/mol. The van der Waals surface area contributed by atoms with E-state index in [0.717, 1.165) is 38.5 Å². The third-order valence-corrected chi connectivity index (χ3v) is 15.3. The quantitative estimate of drug-likeness (QED) is 0.0293. The topological polar surface area (TPSA) is 169 Å². The molecule has 0 bridgehead atoms. The number of aliphatic hydroxyl groups excluding tert-OH is 6. The number of nitrogens with one attached hydrogen (secondary N) is 1. The number of aliphatic hydroxyl groups is 6. The summed E-state index contributed by atoms with van der Waals surface area (Å²) in [6.07, 6.45) is 50.2. The standard InChI is InChI=1S/C60H119NO9/c1-3-5-7-9-11-13-15-17-18-19-20-21-22-23-24-25-26-27-28-29-30-31-32-33-34-35-36-37-39-41-43-45-47-49-55(64)61-52(51-69-60-59(68)58(67)57(66)54(50-62)70-60)56(65)53(63)48-46-44-42-40-38-16-14-12-10-8-6-4-2/h52-54,56-60,62-63,65-68H,3-51H2,1-2H3,(H,61,64)/t52-,53+,54+,56-,57+,58?,59?,60+/m0/s1. The summed E-state index contributed by atoms with van der Waals surface area (Å²) in [4.78, 5) is 13.1. The molecule has 10 heteroatoms. The van der Waals surface area contributed by atoms with Crippen molar-refractivity contribution >= 4 is 5.91 Å². The van der Waals surface area contributed by atoms with E-state index in [1.54, 1.807) is 0 Å². The Kier molecular flexibility index (Phi) is 48.3. The molecule has 0 aromatic heterocycles. The van der Waals surface area contributed by atoms with Gasteiger partial charge in [0.25, 0.3) is 0 Å². The highest BCUT2D eigenvalue weighted by Crippen LogP contribution is 2.24. The minimum atomic E-state index is -1.60. The van der Waals surface area contributed by atoms with E-state index in [2.05, 4.69) is 19.2 Å². The van der Waals surface area contributed by atoms with Gasteiger partial charge in [0, 0.05) is 6.42 Å². The van der Waals surface area contributed by atoms with Gasteiger partial charge in [-0.15, -0.1) is 0 Å². The molecule has 8 atom stereocenters. The number of hydrogen-bond acceptors (Lipinski definition) is 9. The molecule has 1 fully saturated rings. The van der Waals surface area contributed by atoms with Crippen LogP contribution in [0.4, 0.5) is 0 Å². The molecule has 1 amide bonds. The molecule has 418 valence electrons. The lowest BCUT2D eigenvalue weighted by atomic mass is 9.98. The van der Waals surface area contributed by atoms with E-state index in [0.29, 0.717) is 6.42 Å². The lowest BCUT2D eigenvalue weighted by Gasteiger charge is -2.40. The molecule has 0 saturated carbocycles. The van der Waals surface area contributed by atoms with E-state index in [9.17, 15) is 35.4 Å². The molecular formula is C60H119NO9. The highest BCUT2D eigenvalue weighted by Gasteiger charge is 2.44. The molecular weight excluding hydrogens is 879 g/mol. The number of carbonyl (C=O) groups excluding carboxylic acids is 1. The van der Waals surface area contributed by atoms with Crippen molar-refractivity contribution in [2.45, 2.75) is 365 Å². The largest absolute Gasteiger partial charge is 0.394 e. The number of rotatable bonds is 54. The summed E-state index contributed by atoms with van der Waals surface area (Å²) in [6, 6.07) is -0.986. The van der Waals surface area contributed by atoms with Crippen molar-refractivity contribution in [2.75, 3.05) is 13.2 Å². The normalized spacial score (nSPS) is 19.7. The zero-order chi connectivity index (χ0) is 51.0. The summed E-state index contributed by atoms with van der Waals surface area (Å²) in [6.45, 7) is 3.65. The highest BCUT2D eigenvalue weighted by atomic mass is 16.7. The van der Waals surface area contributed by atoms with Gasteiger partial charge in [-0.2, -0.15) is 0 Å².